The summed E-state index contributed by atoms with van der Waals surface area (Å²) in [6, 6.07) is 0. The van der Waals surface area contributed by atoms with Gasteiger partial charge in [-0.15, -0.1) is 17.0 Å². The van der Waals surface area contributed by atoms with E-state index in [1.54, 1.807) is 0 Å². The zero-order valence-electron chi connectivity index (χ0n) is 4.11. The zero-order chi connectivity index (χ0) is 2.12. The summed E-state index contributed by atoms with van der Waals surface area (Å²) in [5.74, 6) is 0. The summed E-state index contributed by atoms with van der Waals surface area (Å²) < 4.78 is 0. The Hall–Kier alpha value is 1.25. The maximum absolute atomic E-state index is 2.25. The second-order valence-electron chi connectivity index (χ2n) is 0.866. The quantitative estimate of drug-likeness (QED) is 0.374. The molecule has 34 valence electrons. The molecule has 1 aliphatic carbocycles. The van der Waals surface area contributed by atoms with E-state index in [1.807, 2.05) is 0 Å². The number of hydrogen-bond acceptors (Lipinski definition) is 0. The molecule has 0 aliphatic heterocycles. The normalized spacial score (nSPS) is 12.0. The fraction of sp³-hybridized carbons (Fsp3) is 0.500. The molecule has 0 saturated heterocycles. The number of halogens is 1. The van der Waals surface area contributed by atoms with Crippen molar-refractivity contribution in [3.05, 3.63) is 13.8 Å². The number of hydrogen-bond donors (Lipinski definition) is 0. The van der Waals surface area contributed by atoms with Crippen LogP contribution in [0.4, 0.5) is 0 Å². The largest absolute Gasteiger partial charge is 2.00 e. The van der Waals surface area contributed by atoms with Gasteiger partial charge in [0.1, 0.15) is 0 Å². The third-order valence-electron chi connectivity index (χ3n) is 0.289. The first-order valence-electron chi connectivity index (χ1n) is 1.32. The van der Waals surface area contributed by atoms with Gasteiger partial charge in [-0.25, -0.2) is 12.8 Å². The maximum atomic E-state index is 2.25. The van der Waals surface area contributed by atoms with Crippen molar-refractivity contribution < 1.29 is 0 Å². The Balaban J connectivity index is -0.0000000300. The van der Waals surface area contributed by atoms with E-state index < -0.39 is 0 Å². The Morgan fingerprint density at radius 1 is 1.17 bits per heavy atom. The van der Waals surface area contributed by atoms with Crippen molar-refractivity contribution in [2.45, 2.75) is 12.8 Å². The minimum absolute atomic E-state index is 0. The number of rotatable bonds is 0. The average molecular weight is 161 g/mol. The summed E-state index contributed by atoms with van der Waals surface area (Å²) >= 11 is 0. The molecule has 0 N–H and O–H groups in total. The topological polar surface area (TPSA) is 0 Å². The van der Waals surface area contributed by atoms with Crippen molar-refractivity contribution in [1.29, 1.82) is 0 Å². The van der Waals surface area contributed by atoms with E-state index in [2.05, 4.69) is 6.42 Å². The molecule has 2 heteroatoms. The molecular weight excluding hydrogens is 152 g/mol. The molecule has 0 atom stereocenters. The average Bonchev–Trinajstić information content (AvgIpc) is 1.46. The van der Waals surface area contributed by atoms with Gasteiger partial charge in [0.05, 0.1) is 0 Å². The van der Waals surface area contributed by atoms with Gasteiger partial charge >= 0.3 is 23.1 Å². The van der Waals surface area contributed by atoms with E-state index in [0.717, 1.165) is 0 Å². The second kappa shape index (κ2) is 9.53. The SMILES string of the molecule is Br.[CH-]1CC1.[CH3-].[Mg+2]. The van der Waals surface area contributed by atoms with E-state index in [4.69, 9.17) is 0 Å². The van der Waals surface area contributed by atoms with Crippen LogP contribution in [-0.4, -0.2) is 23.1 Å². The van der Waals surface area contributed by atoms with Crippen LogP contribution in [0, 0.1) is 13.8 Å². The van der Waals surface area contributed by atoms with E-state index in [9.17, 15) is 0 Å². The van der Waals surface area contributed by atoms with Crippen molar-refractivity contribution in [3.63, 3.8) is 0 Å². The molecule has 6 heavy (non-hydrogen) atoms. The van der Waals surface area contributed by atoms with E-state index >= 15 is 0 Å². The van der Waals surface area contributed by atoms with Gasteiger partial charge in [-0.1, -0.05) is 0 Å². The van der Waals surface area contributed by atoms with Crippen molar-refractivity contribution in [1.82, 2.24) is 0 Å². The Morgan fingerprint density at radius 3 is 1.33 bits per heavy atom. The molecule has 0 bridgehead atoms. The first kappa shape index (κ1) is 15.7. The van der Waals surface area contributed by atoms with Crippen LogP contribution in [0.15, 0.2) is 0 Å². The Morgan fingerprint density at radius 2 is 1.33 bits per heavy atom. The van der Waals surface area contributed by atoms with Crippen LogP contribution >= 0.6 is 17.0 Å². The maximum Gasteiger partial charge on any atom is 2.00 e. The molecule has 1 fully saturated rings. The first-order valence-corrected chi connectivity index (χ1v) is 1.32. The van der Waals surface area contributed by atoms with Gasteiger partial charge in [0.15, 0.2) is 0 Å². The zero-order valence-corrected chi connectivity index (χ0v) is 7.23. The summed E-state index contributed by atoms with van der Waals surface area (Å²) in [5, 5.41) is 0. The third-order valence-corrected chi connectivity index (χ3v) is 0.289. The summed E-state index contributed by atoms with van der Waals surface area (Å²) in [7, 11) is 0. The molecule has 0 radical (unpaired) electrons. The van der Waals surface area contributed by atoms with Crippen LogP contribution in [0.5, 0.6) is 0 Å². The monoisotopic (exact) mass is 160 g/mol. The third kappa shape index (κ3) is 18.7. The standard InChI is InChI=1S/C3H5.CH3.BrH.Mg/c1-2-3-1;;;/h1H,2-3H2;1H3;1H;/q2*-1;;+2. The van der Waals surface area contributed by atoms with Crippen molar-refractivity contribution in [2.24, 2.45) is 0 Å². The van der Waals surface area contributed by atoms with Crippen molar-refractivity contribution >= 4 is 40.0 Å². The second-order valence-corrected chi connectivity index (χ2v) is 0.866. The van der Waals surface area contributed by atoms with Crippen molar-refractivity contribution in [2.75, 3.05) is 0 Å². The van der Waals surface area contributed by atoms with Crippen LogP contribution in [0.1, 0.15) is 12.8 Å². The predicted octanol–water partition coefficient (Wildman–Crippen LogP) is 1.63. The van der Waals surface area contributed by atoms with E-state index in [0.29, 0.717) is 0 Å². The van der Waals surface area contributed by atoms with Crippen LogP contribution in [0.3, 0.4) is 0 Å². The minimum Gasteiger partial charge on any atom is -0.358 e. The minimum atomic E-state index is 0. The molecule has 0 unspecified atom stereocenters. The Bertz CT molecular complexity index is 12.3. The molecule has 0 aromatic heterocycles. The molecule has 0 aromatic carbocycles. The van der Waals surface area contributed by atoms with Crippen molar-refractivity contribution in [3.8, 4) is 0 Å². The molecule has 0 heterocycles. The van der Waals surface area contributed by atoms with E-state index in [1.165, 1.54) is 12.8 Å². The van der Waals surface area contributed by atoms with Crippen LogP contribution < -0.4 is 0 Å². The van der Waals surface area contributed by atoms with Gasteiger partial charge < -0.3 is 13.8 Å². The van der Waals surface area contributed by atoms with Gasteiger partial charge in [0, 0.05) is 0 Å². The fourth-order valence-electron chi connectivity index (χ4n) is 0. The molecule has 1 rings (SSSR count). The Labute approximate surface area is 66.6 Å². The molecule has 0 spiro atoms. The summed E-state index contributed by atoms with van der Waals surface area (Å²) in [6.07, 6.45) is 5.00. The molecule has 0 aromatic rings. The predicted molar refractivity (Wildman–Crippen MR) is 36.0 cm³/mol. The van der Waals surface area contributed by atoms with Gasteiger partial charge in [-0.2, -0.15) is 0 Å². The van der Waals surface area contributed by atoms with Crippen LogP contribution in [0.2, 0.25) is 0 Å². The van der Waals surface area contributed by atoms with Crippen LogP contribution in [-0.2, 0) is 0 Å². The summed E-state index contributed by atoms with van der Waals surface area (Å²) in [5.41, 5.74) is 0. The van der Waals surface area contributed by atoms with Gasteiger partial charge in [0.25, 0.3) is 0 Å². The van der Waals surface area contributed by atoms with Crippen LogP contribution in [0.25, 0.3) is 0 Å². The van der Waals surface area contributed by atoms with Gasteiger partial charge in [0.2, 0.25) is 0 Å². The molecule has 1 saturated carbocycles. The fourth-order valence-corrected chi connectivity index (χ4v) is 0. The van der Waals surface area contributed by atoms with E-state index in [-0.39, 0.29) is 47.5 Å². The Kier molecular flexibility index (Phi) is 24.9. The molecule has 0 amide bonds. The summed E-state index contributed by atoms with van der Waals surface area (Å²) in [4.78, 5) is 0. The van der Waals surface area contributed by atoms with Gasteiger partial charge in [-0.3, -0.25) is 0 Å². The molecule has 0 nitrogen and oxygen atoms in total. The smallest absolute Gasteiger partial charge is 0.358 e. The summed E-state index contributed by atoms with van der Waals surface area (Å²) in [6.45, 7) is 0. The van der Waals surface area contributed by atoms with Gasteiger partial charge in [-0.05, 0) is 0 Å². The molecular formula is C4H9BrMg. The molecule has 1 aliphatic rings. The first-order chi connectivity index (χ1) is 1.50.